The van der Waals surface area contributed by atoms with E-state index in [9.17, 15) is 32.9 Å². The van der Waals surface area contributed by atoms with E-state index in [1.807, 2.05) is 6.07 Å². The molecule has 1 unspecified atom stereocenters. The molecule has 33 heavy (non-hydrogen) atoms. The van der Waals surface area contributed by atoms with E-state index in [4.69, 9.17) is 0 Å². The number of ketones is 2. The van der Waals surface area contributed by atoms with E-state index in [0.717, 1.165) is 4.90 Å². The molecular formula is C23H19N3O6S. The molecule has 0 radical (unpaired) electrons. The zero-order chi connectivity index (χ0) is 23.8. The Bertz CT molecular complexity index is 1340. The maximum Gasteiger partial charge on any atom is 0.263 e. The predicted octanol–water partition coefficient (Wildman–Crippen LogP) is 2.43. The molecule has 4 rings (SSSR count). The Kier molecular flexibility index (Phi) is 5.82. The molecule has 2 aromatic rings. The highest BCUT2D eigenvalue weighted by molar-refractivity contribution is 7.92. The van der Waals surface area contributed by atoms with Gasteiger partial charge in [0.1, 0.15) is 16.7 Å². The zero-order valence-electron chi connectivity index (χ0n) is 17.4. The van der Waals surface area contributed by atoms with Crippen molar-refractivity contribution in [2.24, 2.45) is 0 Å². The standard InChI is InChI=1S/C23H19N3O6S/c24-13-14-4-1-2-7-21(14)33(31,32)25-15-8-10-17-18(12-15)23(30)26(22(17)29)19-11-9-16(27)5-3-6-20(19)28/h1-2,4,7-8,10,12,19,25H,3,5-6,9,11H2. The quantitative estimate of drug-likeness (QED) is 0.684. The van der Waals surface area contributed by atoms with Gasteiger partial charge in [-0.3, -0.25) is 28.8 Å². The summed E-state index contributed by atoms with van der Waals surface area (Å²) in [5.41, 5.74) is 0.0149. The fourth-order valence-electron chi connectivity index (χ4n) is 4.09. The van der Waals surface area contributed by atoms with E-state index >= 15 is 0 Å². The summed E-state index contributed by atoms with van der Waals surface area (Å²) in [6.45, 7) is 0. The number of nitrogens with one attached hydrogen (secondary N) is 1. The molecule has 9 nitrogen and oxygen atoms in total. The summed E-state index contributed by atoms with van der Waals surface area (Å²) in [4.78, 5) is 51.1. The first-order chi connectivity index (χ1) is 15.7. The minimum atomic E-state index is -4.14. The molecule has 10 heteroatoms. The smallest absolute Gasteiger partial charge is 0.263 e. The van der Waals surface area contributed by atoms with Crippen molar-refractivity contribution in [1.82, 2.24) is 4.90 Å². The minimum absolute atomic E-state index is 0.0153. The Morgan fingerprint density at radius 3 is 2.42 bits per heavy atom. The Morgan fingerprint density at radius 2 is 1.67 bits per heavy atom. The van der Waals surface area contributed by atoms with Gasteiger partial charge in [-0.25, -0.2) is 8.42 Å². The molecule has 1 atom stereocenters. The van der Waals surface area contributed by atoms with E-state index in [2.05, 4.69) is 4.72 Å². The lowest BCUT2D eigenvalue weighted by Crippen LogP contribution is -2.45. The van der Waals surface area contributed by atoms with Crippen molar-refractivity contribution >= 4 is 39.1 Å². The zero-order valence-corrected chi connectivity index (χ0v) is 18.2. The molecule has 2 aliphatic rings. The second kappa shape index (κ2) is 8.60. The number of hydrogen-bond donors (Lipinski definition) is 1. The maximum absolute atomic E-state index is 13.1. The summed E-state index contributed by atoms with van der Waals surface area (Å²) in [5, 5.41) is 9.19. The lowest BCUT2D eigenvalue weighted by molar-refractivity contribution is -0.125. The number of nitriles is 1. The van der Waals surface area contributed by atoms with Crippen LogP contribution in [0, 0.1) is 11.3 Å². The van der Waals surface area contributed by atoms with E-state index < -0.39 is 27.9 Å². The third-order valence-electron chi connectivity index (χ3n) is 5.73. The van der Waals surface area contributed by atoms with Gasteiger partial charge in [0.2, 0.25) is 0 Å². The summed E-state index contributed by atoms with van der Waals surface area (Å²) in [6.07, 6.45) is 0.973. The average molecular weight is 465 g/mol. The van der Waals surface area contributed by atoms with Crippen molar-refractivity contribution in [3.8, 4) is 6.07 Å². The number of imide groups is 1. The van der Waals surface area contributed by atoms with Crippen molar-refractivity contribution in [2.45, 2.75) is 43.0 Å². The number of anilines is 1. The predicted molar refractivity (Wildman–Crippen MR) is 116 cm³/mol. The third kappa shape index (κ3) is 4.15. The fourth-order valence-corrected chi connectivity index (χ4v) is 5.30. The number of hydrogen-bond acceptors (Lipinski definition) is 7. The number of sulfonamides is 1. The van der Waals surface area contributed by atoms with Crippen LogP contribution in [0.2, 0.25) is 0 Å². The van der Waals surface area contributed by atoms with Crippen LogP contribution in [-0.4, -0.2) is 42.7 Å². The average Bonchev–Trinajstić information content (AvgIpc) is 3.02. The third-order valence-corrected chi connectivity index (χ3v) is 7.17. The highest BCUT2D eigenvalue weighted by Gasteiger charge is 2.43. The van der Waals surface area contributed by atoms with Crippen LogP contribution in [0.15, 0.2) is 47.4 Å². The summed E-state index contributed by atoms with van der Waals surface area (Å²) < 4.78 is 27.9. The van der Waals surface area contributed by atoms with Crippen molar-refractivity contribution < 1.29 is 27.6 Å². The second-order valence-corrected chi connectivity index (χ2v) is 9.52. The lowest BCUT2D eigenvalue weighted by atomic mass is 9.94. The first kappa shape index (κ1) is 22.4. The fraction of sp³-hybridized carbons (Fsp3) is 0.261. The number of carbonyl (C=O) groups excluding carboxylic acids is 4. The van der Waals surface area contributed by atoms with E-state index in [-0.39, 0.29) is 58.1 Å². The van der Waals surface area contributed by atoms with Crippen LogP contribution in [0.1, 0.15) is 58.4 Å². The minimum Gasteiger partial charge on any atom is -0.300 e. The largest absolute Gasteiger partial charge is 0.300 e. The van der Waals surface area contributed by atoms with E-state index in [1.165, 1.54) is 42.5 Å². The van der Waals surface area contributed by atoms with E-state index in [1.54, 1.807) is 0 Å². The Balaban J connectivity index is 1.63. The van der Waals surface area contributed by atoms with Gasteiger partial charge in [0, 0.05) is 24.9 Å². The molecule has 0 spiro atoms. The summed E-state index contributed by atoms with van der Waals surface area (Å²) in [5.74, 6) is -1.64. The van der Waals surface area contributed by atoms with Gasteiger partial charge in [-0.1, -0.05) is 12.1 Å². The SMILES string of the molecule is N#Cc1ccccc1S(=O)(=O)Nc1ccc2c(c1)C(=O)N(C1CCC(=O)CCCC1=O)C2=O. The van der Waals surface area contributed by atoms with Crippen LogP contribution in [0.3, 0.4) is 0 Å². The number of rotatable bonds is 4. The van der Waals surface area contributed by atoms with Crippen LogP contribution in [0.4, 0.5) is 5.69 Å². The highest BCUT2D eigenvalue weighted by Crippen LogP contribution is 2.31. The Labute approximate surface area is 190 Å². The molecule has 2 amide bonds. The highest BCUT2D eigenvalue weighted by atomic mass is 32.2. The van der Waals surface area contributed by atoms with Gasteiger partial charge in [0.25, 0.3) is 21.8 Å². The molecule has 1 N–H and O–H groups in total. The number of carbonyl (C=O) groups is 4. The van der Waals surface area contributed by atoms with Gasteiger partial charge in [0.15, 0.2) is 5.78 Å². The molecule has 168 valence electrons. The molecule has 1 saturated carbocycles. The number of nitrogens with zero attached hydrogens (tertiary/aromatic N) is 2. The first-order valence-corrected chi connectivity index (χ1v) is 11.8. The molecule has 2 aromatic carbocycles. The summed E-state index contributed by atoms with van der Waals surface area (Å²) >= 11 is 0. The van der Waals surface area contributed by atoms with Crippen LogP contribution in [0.25, 0.3) is 0 Å². The topological polar surface area (TPSA) is 141 Å². The van der Waals surface area contributed by atoms with Crippen LogP contribution >= 0.6 is 0 Å². The second-order valence-electron chi connectivity index (χ2n) is 7.87. The maximum atomic E-state index is 13.1. The molecule has 1 fully saturated rings. The number of fused-ring (bicyclic) bond motifs is 1. The normalized spacial score (nSPS) is 19.0. The molecule has 1 aliphatic heterocycles. The van der Waals surface area contributed by atoms with Crippen LogP contribution in [0.5, 0.6) is 0 Å². The van der Waals surface area contributed by atoms with Gasteiger partial charge in [0.05, 0.1) is 22.7 Å². The van der Waals surface area contributed by atoms with Gasteiger partial charge in [-0.15, -0.1) is 0 Å². The molecule has 1 aliphatic carbocycles. The number of benzene rings is 2. The Morgan fingerprint density at radius 1 is 0.939 bits per heavy atom. The van der Waals surface area contributed by atoms with Crippen molar-refractivity contribution in [2.75, 3.05) is 4.72 Å². The molecule has 1 heterocycles. The molecule has 0 saturated heterocycles. The summed E-state index contributed by atoms with van der Waals surface area (Å²) in [7, 11) is -4.14. The van der Waals surface area contributed by atoms with Crippen molar-refractivity contribution in [3.05, 3.63) is 59.2 Å². The van der Waals surface area contributed by atoms with Gasteiger partial charge in [-0.05, 0) is 43.2 Å². The van der Waals surface area contributed by atoms with Gasteiger partial charge < -0.3 is 0 Å². The lowest BCUT2D eigenvalue weighted by Gasteiger charge is -2.26. The Hall–Kier alpha value is -3.84. The first-order valence-electron chi connectivity index (χ1n) is 10.3. The monoisotopic (exact) mass is 465 g/mol. The van der Waals surface area contributed by atoms with Gasteiger partial charge in [-0.2, -0.15) is 5.26 Å². The molecule has 0 aromatic heterocycles. The molecule has 0 bridgehead atoms. The van der Waals surface area contributed by atoms with Crippen LogP contribution in [-0.2, 0) is 19.6 Å². The van der Waals surface area contributed by atoms with Crippen molar-refractivity contribution in [3.63, 3.8) is 0 Å². The molecular weight excluding hydrogens is 446 g/mol. The van der Waals surface area contributed by atoms with Crippen LogP contribution < -0.4 is 4.72 Å². The van der Waals surface area contributed by atoms with Gasteiger partial charge >= 0.3 is 0 Å². The van der Waals surface area contributed by atoms with Crippen molar-refractivity contribution in [1.29, 1.82) is 5.26 Å². The summed E-state index contributed by atoms with van der Waals surface area (Å²) in [6, 6.07) is 10.4. The van der Waals surface area contributed by atoms with E-state index in [0.29, 0.717) is 12.8 Å². The number of Topliss-reactive ketones (excluding diaryl/α,β-unsaturated/α-hetero) is 2. The number of amides is 2.